The average Bonchev–Trinajstić information content (AvgIpc) is 3.31. The fraction of sp³-hybridized carbons (Fsp3) is 0.696. The van der Waals surface area contributed by atoms with Gasteiger partial charge < -0.3 is 9.42 Å². The lowest BCUT2D eigenvalue weighted by Gasteiger charge is -2.35. The molecule has 2 aromatic heterocycles. The normalized spacial score (nSPS) is 20.7. The molecule has 0 radical (unpaired) electrons. The maximum Gasteiger partial charge on any atom is 0.224 e. The van der Waals surface area contributed by atoms with E-state index in [4.69, 9.17) is 4.52 Å². The third-order valence-electron chi connectivity index (χ3n) is 6.99. The minimum absolute atomic E-state index is 0.228. The second-order valence-corrected chi connectivity index (χ2v) is 9.88. The van der Waals surface area contributed by atoms with E-state index in [0.29, 0.717) is 30.2 Å². The van der Waals surface area contributed by atoms with Gasteiger partial charge in [-0.05, 0) is 56.4 Å². The van der Waals surface area contributed by atoms with Crippen molar-refractivity contribution in [3.8, 4) is 0 Å². The van der Waals surface area contributed by atoms with Crippen LogP contribution in [0, 0.1) is 18.3 Å². The third kappa shape index (κ3) is 4.26. The second-order valence-electron chi connectivity index (χ2n) is 9.88. The van der Waals surface area contributed by atoms with Gasteiger partial charge in [-0.2, -0.15) is 5.10 Å². The standard InChI is InChI=1S/C23H34N4O2/c1-16-7-11-24-27(16)14-10-21(28)26-12-8-17(9-13-26)22-19-15-18(23(2,3)4)5-6-20(19)25-29-22/h7,11,17-18H,5-6,8-10,12-15H2,1-4H3. The molecule has 6 nitrogen and oxygen atoms in total. The Morgan fingerprint density at radius 3 is 2.66 bits per heavy atom. The average molecular weight is 399 g/mol. The van der Waals surface area contributed by atoms with Crippen molar-refractivity contribution < 1.29 is 9.32 Å². The van der Waals surface area contributed by atoms with Gasteiger partial charge in [0.05, 0.1) is 5.69 Å². The zero-order chi connectivity index (χ0) is 20.6. The van der Waals surface area contributed by atoms with Crippen LogP contribution in [0.25, 0.3) is 0 Å². The van der Waals surface area contributed by atoms with Crippen molar-refractivity contribution >= 4 is 5.91 Å². The first kappa shape index (κ1) is 20.2. The van der Waals surface area contributed by atoms with Gasteiger partial charge in [-0.1, -0.05) is 25.9 Å². The van der Waals surface area contributed by atoms with E-state index in [1.165, 1.54) is 17.7 Å². The Morgan fingerprint density at radius 2 is 2.00 bits per heavy atom. The molecule has 0 saturated carbocycles. The van der Waals surface area contributed by atoms with Crippen LogP contribution in [0.4, 0.5) is 0 Å². The molecule has 2 aliphatic rings. The molecular weight excluding hydrogens is 364 g/mol. The largest absolute Gasteiger partial charge is 0.361 e. The minimum atomic E-state index is 0.228. The fourth-order valence-electron chi connectivity index (χ4n) is 4.87. The summed E-state index contributed by atoms with van der Waals surface area (Å²) in [6, 6.07) is 1.97. The van der Waals surface area contributed by atoms with Gasteiger partial charge in [-0.25, -0.2) is 0 Å². The summed E-state index contributed by atoms with van der Waals surface area (Å²) in [7, 11) is 0. The van der Waals surface area contributed by atoms with Crippen LogP contribution < -0.4 is 0 Å². The monoisotopic (exact) mass is 398 g/mol. The minimum Gasteiger partial charge on any atom is -0.361 e. The molecular formula is C23H34N4O2. The van der Waals surface area contributed by atoms with E-state index < -0.39 is 0 Å². The molecule has 158 valence electrons. The number of piperidine rings is 1. The van der Waals surface area contributed by atoms with Crippen LogP contribution in [0.3, 0.4) is 0 Å². The highest BCUT2D eigenvalue weighted by Crippen LogP contribution is 2.41. The highest BCUT2D eigenvalue weighted by Gasteiger charge is 2.35. The summed E-state index contributed by atoms with van der Waals surface area (Å²) < 4.78 is 7.76. The van der Waals surface area contributed by atoms with Crippen LogP contribution in [0.5, 0.6) is 0 Å². The van der Waals surface area contributed by atoms with Crippen molar-refractivity contribution in [1.82, 2.24) is 19.8 Å². The number of hydrogen-bond acceptors (Lipinski definition) is 4. The lowest BCUT2D eigenvalue weighted by Crippen LogP contribution is -2.38. The molecule has 1 amide bonds. The van der Waals surface area contributed by atoms with E-state index in [1.807, 2.05) is 22.6 Å². The molecule has 0 N–H and O–H groups in total. The summed E-state index contributed by atoms with van der Waals surface area (Å²) in [5.41, 5.74) is 3.96. The summed E-state index contributed by atoms with van der Waals surface area (Å²) in [6.45, 7) is 11.3. The molecule has 6 heteroatoms. The molecule has 4 rings (SSSR count). The van der Waals surface area contributed by atoms with Gasteiger partial charge in [0.15, 0.2) is 0 Å². The van der Waals surface area contributed by atoms with Crippen LogP contribution in [0.15, 0.2) is 16.8 Å². The summed E-state index contributed by atoms with van der Waals surface area (Å²) in [6.07, 6.45) is 7.55. The lowest BCUT2D eigenvalue weighted by atomic mass is 9.71. The first-order chi connectivity index (χ1) is 13.8. The Morgan fingerprint density at radius 1 is 1.24 bits per heavy atom. The highest BCUT2D eigenvalue weighted by molar-refractivity contribution is 5.76. The number of carbonyl (C=O) groups excluding carboxylic acids is 1. The fourth-order valence-corrected chi connectivity index (χ4v) is 4.87. The van der Waals surface area contributed by atoms with Gasteiger partial charge >= 0.3 is 0 Å². The van der Waals surface area contributed by atoms with Crippen molar-refractivity contribution in [1.29, 1.82) is 0 Å². The molecule has 3 heterocycles. The molecule has 0 spiro atoms. The first-order valence-corrected chi connectivity index (χ1v) is 11.1. The third-order valence-corrected chi connectivity index (χ3v) is 6.99. The highest BCUT2D eigenvalue weighted by atomic mass is 16.5. The van der Waals surface area contributed by atoms with E-state index in [1.54, 1.807) is 6.20 Å². The quantitative estimate of drug-likeness (QED) is 0.777. The van der Waals surface area contributed by atoms with Crippen LogP contribution >= 0.6 is 0 Å². The second kappa shape index (κ2) is 7.96. The molecule has 1 unspecified atom stereocenters. The smallest absolute Gasteiger partial charge is 0.224 e. The summed E-state index contributed by atoms with van der Waals surface area (Å²) in [5.74, 6) is 2.40. The first-order valence-electron chi connectivity index (χ1n) is 11.1. The van der Waals surface area contributed by atoms with Gasteiger partial charge in [0.25, 0.3) is 0 Å². The van der Waals surface area contributed by atoms with E-state index in [0.717, 1.165) is 50.2 Å². The maximum atomic E-state index is 12.6. The van der Waals surface area contributed by atoms with Gasteiger partial charge in [0.1, 0.15) is 5.76 Å². The molecule has 1 fully saturated rings. The zero-order valence-corrected chi connectivity index (χ0v) is 18.3. The van der Waals surface area contributed by atoms with Gasteiger partial charge in [0.2, 0.25) is 5.91 Å². The molecule has 1 saturated heterocycles. The number of amides is 1. The van der Waals surface area contributed by atoms with E-state index in [-0.39, 0.29) is 5.91 Å². The number of carbonyl (C=O) groups is 1. The molecule has 1 atom stereocenters. The van der Waals surface area contributed by atoms with E-state index in [9.17, 15) is 4.79 Å². The van der Waals surface area contributed by atoms with Crippen molar-refractivity contribution in [2.24, 2.45) is 11.3 Å². The Hall–Kier alpha value is -2.11. The number of fused-ring (bicyclic) bond motifs is 1. The summed E-state index contributed by atoms with van der Waals surface area (Å²) in [5, 5.41) is 8.67. The van der Waals surface area contributed by atoms with Crippen LogP contribution in [0.2, 0.25) is 0 Å². The molecule has 29 heavy (non-hydrogen) atoms. The summed E-state index contributed by atoms with van der Waals surface area (Å²) >= 11 is 0. The number of nitrogens with zero attached hydrogens (tertiary/aromatic N) is 4. The van der Waals surface area contributed by atoms with Crippen molar-refractivity contribution in [2.75, 3.05) is 13.1 Å². The number of likely N-dealkylation sites (tertiary alicyclic amines) is 1. The van der Waals surface area contributed by atoms with Gasteiger partial charge in [-0.3, -0.25) is 9.48 Å². The Balaban J connectivity index is 1.34. The van der Waals surface area contributed by atoms with Gasteiger partial charge in [0, 0.05) is 49.4 Å². The molecule has 1 aliphatic carbocycles. The Bertz CT molecular complexity index is 853. The summed E-state index contributed by atoms with van der Waals surface area (Å²) in [4.78, 5) is 14.6. The molecule has 1 aliphatic heterocycles. The molecule has 2 aromatic rings. The Labute approximate surface area is 173 Å². The van der Waals surface area contributed by atoms with Crippen molar-refractivity contribution in [2.45, 2.75) is 78.7 Å². The lowest BCUT2D eigenvalue weighted by molar-refractivity contribution is -0.132. The van der Waals surface area contributed by atoms with Crippen LogP contribution in [-0.4, -0.2) is 38.8 Å². The number of hydrogen-bond donors (Lipinski definition) is 0. The zero-order valence-electron chi connectivity index (χ0n) is 18.3. The predicted molar refractivity (Wildman–Crippen MR) is 112 cm³/mol. The molecule has 0 bridgehead atoms. The van der Waals surface area contributed by atoms with E-state index >= 15 is 0 Å². The van der Waals surface area contributed by atoms with Gasteiger partial charge in [-0.15, -0.1) is 0 Å². The van der Waals surface area contributed by atoms with Crippen molar-refractivity contribution in [3.63, 3.8) is 0 Å². The number of rotatable bonds is 4. The topological polar surface area (TPSA) is 64.2 Å². The SMILES string of the molecule is Cc1ccnn1CCC(=O)N1CCC(c2onc3c2CC(C(C)(C)C)CC3)CC1. The molecule has 0 aromatic carbocycles. The van der Waals surface area contributed by atoms with E-state index in [2.05, 4.69) is 31.0 Å². The Kier molecular flexibility index (Phi) is 5.54. The number of aromatic nitrogens is 3. The maximum absolute atomic E-state index is 12.6. The predicted octanol–water partition coefficient (Wildman–Crippen LogP) is 4.13. The van der Waals surface area contributed by atoms with Crippen molar-refractivity contribution in [3.05, 3.63) is 35.0 Å². The van der Waals surface area contributed by atoms with Crippen LogP contribution in [0.1, 0.15) is 75.1 Å². The van der Waals surface area contributed by atoms with Crippen LogP contribution in [-0.2, 0) is 24.2 Å². The number of aryl methyl sites for hydroxylation is 3.